The van der Waals surface area contributed by atoms with Gasteiger partial charge >= 0.3 is 5.97 Å². The van der Waals surface area contributed by atoms with Gasteiger partial charge in [-0.1, -0.05) is 0 Å². The smallest absolute Gasteiger partial charge is 0.335 e. The molecular formula is C13H16BrNO5S. The zero-order chi connectivity index (χ0) is 15.8. The molecule has 0 saturated carbocycles. The minimum atomic E-state index is -3.79. The van der Waals surface area contributed by atoms with Crippen LogP contribution in [0.4, 0.5) is 0 Å². The fourth-order valence-electron chi connectivity index (χ4n) is 2.21. The molecule has 1 aliphatic rings. The zero-order valence-electron chi connectivity index (χ0n) is 11.7. The molecule has 1 atom stereocenters. The van der Waals surface area contributed by atoms with Crippen molar-refractivity contribution in [2.24, 2.45) is 0 Å². The Morgan fingerprint density at radius 2 is 2.14 bits per heavy atom. The number of nitrogens with zero attached hydrogens (tertiary/aromatic N) is 1. The van der Waals surface area contributed by atoms with Gasteiger partial charge in [0.15, 0.2) is 0 Å². The number of benzene rings is 1. The predicted octanol–water partition coefficient (Wildman–Crippen LogP) is 1.87. The van der Waals surface area contributed by atoms with E-state index < -0.39 is 16.0 Å². The molecule has 0 amide bonds. The normalized spacial score (nSPS) is 19.1. The highest BCUT2D eigenvalue weighted by Gasteiger charge is 2.32. The Bertz CT molecular complexity index is 667. The Morgan fingerprint density at radius 3 is 2.67 bits per heavy atom. The second kappa shape index (κ2) is 6.04. The zero-order valence-corrected chi connectivity index (χ0v) is 14.1. The number of hydrogen-bond donors (Lipinski definition) is 1. The van der Waals surface area contributed by atoms with Gasteiger partial charge < -0.3 is 9.84 Å². The van der Waals surface area contributed by atoms with Crippen LogP contribution in [0.2, 0.25) is 0 Å². The molecule has 1 aliphatic heterocycles. The Balaban J connectivity index is 2.50. The largest absolute Gasteiger partial charge is 0.478 e. The number of carboxylic acid groups (broad SMARTS) is 1. The van der Waals surface area contributed by atoms with Gasteiger partial charge in [0.2, 0.25) is 10.0 Å². The van der Waals surface area contributed by atoms with Crippen LogP contribution in [0, 0.1) is 6.92 Å². The lowest BCUT2D eigenvalue weighted by molar-refractivity contribution is 0.0696. The standard InChI is InChI=1S/C13H16BrNO5S/c1-8-5-9(13(16)17)6-11(12(8)14)21(18,19)15(2)10-3-4-20-7-10/h5-6,10H,3-4,7H2,1-2H3,(H,16,17). The number of aryl methyl sites for hydroxylation is 1. The summed E-state index contributed by atoms with van der Waals surface area (Å²) >= 11 is 3.25. The molecule has 8 heteroatoms. The van der Waals surface area contributed by atoms with Crippen molar-refractivity contribution in [3.05, 3.63) is 27.7 Å². The van der Waals surface area contributed by atoms with Gasteiger partial charge in [-0.25, -0.2) is 13.2 Å². The van der Waals surface area contributed by atoms with Gasteiger partial charge in [0, 0.05) is 18.1 Å². The fraction of sp³-hybridized carbons (Fsp3) is 0.462. The van der Waals surface area contributed by atoms with Crippen LogP contribution >= 0.6 is 15.9 Å². The van der Waals surface area contributed by atoms with Gasteiger partial charge in [-0.3, -0.25) is 0 Å². The van der Waals surface area contributed by atoms with Crippen LogP contribution in [0.1, 0.15) is 22.3 Å². The molecule has 0 aromatic heterocycles. The Labute approximate surface area is 131 Å². The quantitative estimate of drug-likeness (QED) is 0.865. The van der Waals surface area contributed by atoms with Gasteiger partial charge in [-0.05, 0) is 47.0 Å². The SMILES string of the molecule is Cc1cc(C(=O)O)cc(S(=O)(=O)N(C)C2CCOC2)c1Br. The first kappa shape index (κ1) is 16.4. The Morgan fingerprint density at radius 1 is 1.48 bits per heavy atom. The molecule has 2 rings (SSSR count). The van der Waals surface area contributed by atoms with E-state index in [9.17, 15) is 13.2 Å². The highest BCUT2D eigenvalue weighted by molar-refractivity contribution is 9.10. The third-order valence-electron chi connectivity index (χ3n) is 3.55. The monoisotopic (exact) mass is 377 g/mol. The average molecular weight is 378 g/mol. The number of halogens is 1. The van der Waals surface area contributed by atoms with Gasteiger partial charge in [0.05, 0.1) is 23.1 Å². The fourth-order valence-corrected chi connectivity index (χ4v) is 4.58. The molecule has 1 aromatic rings. The number of carboxylic acids is 1. The molecule has 1 unspecified atom stereocenters. The third-order valence-corrected chi connectivity index (χ3v) is 6.79. The molecule has 0 bridgehead atoms. The Hall–Kier alpha value is -0.960. The van der Waals surface area contributed by atoms with Gasteiger partial charge in [-0.15, -0.1) is 0 Å². The molecule has 21 heavy (non-hydrogen) atoms. The van der Waals surface area contributed by atoms with E-state index >= 15 is 0 Å². The predicted molar refractivity (Wildman–Crippen MR) is 80.0 cm³/mol. The lowest BCUT2D eigenvalue weighted by atomic mass is 10.1. The second-order valence-corrected chi connectivity index (χ2v) is 7.71. The van der Waals surface area contributed by atoms with Crippen molar-refractivity contribution in [2.45, 2.75) is 24.3 Å². The van der Waals surface area contributed by atoms with Gasteiger partial charge in [0.25, 0.3) is 0 Å². The van der Waals surface area contributed by atoms with Crippen molar-refractivity contribution >= 4 is 31.9 Å². The Kier molecular flexibility index (Phi) is 4.72. The molecule has 1 fully saturated rings. The van der Waals surface area contributed by atoms with E-state index in [0.717, 1.165) is 0 Å². The van der Waals surface area contributed by atoms with Gasteiger partial charge in [-0.2, -0.15) is 4.31 Å². The molecule has 116 valence electrons. The van der Waals surface area contributed by atoms with E-state index in [1.165, 1.54) is 23.5 Å². The van der Waals surface area contributed by atoms with Crippen molar-refractivity contribution in [1.29, 1.82) is 0 Å². The number of ether oxygens (including phenoxy) is 1. The van der Waals surface area contributed by atoms with Crippen LogP contribution in [0.3, 0.4) is 0 Å². The minimum Gasteiger partial charge on any atom is -0.478 e. The molecule has 1 saturated heterocycles. The van der Waals surface area contributed by atoms with Crippen molar-refractivity contribution in [3.8, 4) is 0 Å². The summed E-state index contributed by atoms with van der Waals surface area (Å²) in [6.07, 6.45) is 0.630. The highest BCUT2D eigenvalue weighted by Crippen LogP contribution is 2.31. The first-order valence-electron chi connectivity index (χ1n) is 6.34. The van der Waals surface area contributed by atoms with Gasteiger partial charge in [0.1, 0.15) is 0 Å². The molecule has 0 aliphatic carbocycles. The summed E-state index contributed by atoms with van der Waals surface area (Å²) in [7, 11) is -2.30. The van der Waals surface area contributed by atoms with Crippen molar-refractivity contribution in [2.75, 3.05) is 20.3 Å². The van der Waals surface area contributed by atoms with E-state index in [4.69, 9.17) is 9.84 Å². The van der Waals surface area contributed by atoms with E-state index in [1.807, 2.05) is 0 Å². The van der Waals surface area contributed by atoms with Crippen LogP contribution in [-0.2, 0) is 14.8 Å². The van der Waals surface area contributed by atoms with Crippen LogP contribution < -0.4 is 0 Å². The molecule has 0 radical (unpaired) electrons. The van der Waals surface area contributed by atoms with E-state index in [0.29, 0.717) is 29.7 Å². The maximum atomic E-state index is 12.7. The summed E-state index contributed by atoms with van der Waals surface area (Å²) in [5, 5.41) is 9.10. The summed E-state index contributed by atoms with van der Waals surface area (Å²) < 4.78 is 32.3. The molecule has 1 heterocycles. The summed E-state index contributed by atoms with van der Waals surface area (Å²) in [6.45, 7) is 2.54. The van der Waals surface area contributed by atoms with Crippen LogP contribution in [0.5, 0.6) is 0 Å². The topological polar surface area (TPSA) is 83.9 Å². The van der Waals surface area contributed by atoms with Crippen LogP contribution in [0.25, 0.3) is 0 Å². The third kappa shape index (κ3) is 3.13. The maximum Gasteiger partial charge on any atom is 0.335 e. The number of carbonyl (C=O) groups is 1. The summed E-state index contributed by atoms with van der Waals surface area (Å²) in [5.74, 6) is -1.16. The summed E-state index contributed by atoms with van der Waals surface area (Å²) in [4.78, 5) is 11.1. The number of sulfonamides is 1. The average Bonchev–Trinajstić information content (AvgIpc) is 2.94. The highest BCUT2D eigenvalue weighted by atomic mass is 79.9. The van der Waals surface area contributed by atoms with Crippen LogP contribution in [-0.4, -0.2) is 50.1 Å². The number of likely N-dealkylation sites (N-methyl/N-ethyl adjacent to an activating group) is 1. The number of rotatable bonds is 4. The van der Waals surface area contributed by atoms with Crippen molar-refractivity contribution < 1.29 is 23.1 Å². The van der Waals surface area contributed by atoms with Crippen LogP contribution in [0.15, 0.2) is 21.5 Å². The molecule has 1 aromatic carbocycles. The van der Waals surface area contributed by atoms with E-state index in [2.05, 4.69) is 15.9 Å². The molecule has 1 N–H and O–H groups in total. The number of hydrogen-bond acceptors (Lipinski definition) is 4. The first-order chi connectivity index (χ1) is 9.75. The molecule has 6 nitrogen and oxygen atoms in total. The van der Waals surface area contributed by atoms with Crippen molar-refractivity contribution in [3.63, 3.8) is 0 Å². The summed E-state index contributed by atoms with van der Waals surface area (Å²) in [5.41, 5.74) is 0.509. The van der Waals surface area contributed by atoms with Crippen molar-refractivity contribution in [1.82, 2.24) is 4.31 Å². The second-order valence-electron chi connectivity index (χ2n) is 4.95. The lowest BCUT2D eigenvalue weighted by Gasteiger charge is -2.23. The van der Waals surface area contributed by atoms with E-state index in [1.54, 1.807) is 6.92 Å². The molecular weight excluding hydrogens is 362 g/mol. The molecule has 0 spiro atoms. The minimum absolute atomic E-state index is 0.0331. The van der Waals surface area contributed by atoms with E-state index in [-0.39, 0.29) is 16.5 Å². The lowest BCUT2D eigenvalue weighted by Crippen LogP contribution is -2.37. The first-order valence-corrected chi connectivity index (χ1v) is 8.57. The number of aromatic carboxylic acids is 1. The summed E-state index contributed by atoms with van der Waals surface area (Å²) in [6, 6.07) is 2.39. The maximum absolute atomic E-state index is 12.7.